The lowest BCUT2D eigenvalue weighted by Crippen LogP contribution is -2.58. The molecular formula is C12H23N3. The molecule has 3 aliphatic rings. The molecule has 2 unspecified atom stereocenters. The van der Waals surface area contributed by atoms with E-state index in [0.29, 0.717) is 0 Å². The van der Waals surface area contributed by atoms with Crippen LogP contribution in [0.5, 0.6) is 0 Å². The summed E-state index contributed by atoms with van der Waals surface area (Å²) in [7, 11) is 0. The van der Waals surface area contributed by atoms with Crippen molar-refractivity contribution in [3.8, 4) is 0 Å². The second-order valence-corrected chi connectivity index (χ2v) is 5.35. The van der Waals surface area contributed by atoms with Crippen LogP contribution in [0.25, 0.3) is 0 Å². The number of piperazine rings is 1. The molecule has 0 bridgehead atoms. The van der Waals surface area contributed by atoms with Gasteiger partial charge in [0.2, 0.25) is 0 Å². The molecule has 0 aromatic carbocycles. The van der Waals surface area contributed by atoms with Crippen LogP contribution in [0.3, 0.4) is 0 Å². The average Bonchev–Trinajstić information content (AvgIpc) is 2.78. The zero-order chi connectivity index (χ0) is 10.1. The SMILES string of the molecule is C1CC2CNCC(C3CCNCC3)N2C1. The largest absolute Gasteiger partial charge is 0.317 e. The molecule has 3 nitrogen and oxygen atoms in total. The fourth-order valence-corrected chi connectivity index (χ4v) is 3.70. The fourth-order valence-electron chi connectivity index (χ4n) is 3.70. The first kappa shape index (κ1) is 10.1. The standard InChI is InChI=1S/C12H23N3/c1-2-11-8-14-9-12(15(11)7-1)10-3-5-13-6-4-10/h10-14H,1-9H2. The summed E-state index contributed by atoms with van der Waals surface area (Å²) in [5.41, 5.74) is 0. The monoisotopic (exact) mass is 209 g/mol. The molecule has 3 aliphatic heterocycles. The van der Waals surface area contributed by atoms with E-state index in [0.717, 1.165) is 18.0 Å². The summed E-state index contributed by atoms with van der Waals surface area (Å²) in [5.74, 6) is 0.944. The van der Waals surface area contributed by atoms with Crippen LogP contribution in [0.15, 0.2) is 0 Å². The summed E-state index contributed by atoms with van der Waals surface area (Å²) >= 11 is 0. The molecule has 0 amide bonds. The van der Waals surface area contributed by atoms with Gasteiger partial charge in [0.15, 0.2) is 0 Å². The lowest BCUT2D eigenvalue weighted by Gasteiger charge is -2.43. The number of hydrogen-bond donors (Lipinski definition) is 2. The first-order chi connectivity index (χ1) is 7.45. The molecule has 15 heavy (non-hydrogen) atoms. The predicted molar refractivity (Wildman–Crippen MR) is 62.0 cm³/mol. The highest BCUT2D eigenvalue weighted by Crippen LogP contribution is 2.29. The summed E-state index contributed by atoms with van der Waals surface area (Å²) in [6, 6.07) is 1.70. The van der Waals surface area contributed by atoms with Crippen LogP contribution < -0.4 is 10.6 Å². The van der Waals surface area contributed by atoms with E-state index < -0.39 is 0 Å². The van der Waals surface area contributed by atoms with Crippen molar-refractivity contribution in [1.82, 2.24) is 15.5 Å². The number of nitrogens with one attached hydrogen (secondary N) is 2. The van der Waals surface area contributed by atoms with E-state index in [2.05, 4.69) is 15.5 Å². The van der Waals surface area contributed by atoms with Crippen LogP contribution in [0.2, 0.25) is 0 Å². The molecule has 0 aliphatic carbocycles. The van der Waals surface area contributed by atoms with Crippen LogP contribution >= 0.6 is 0 Å². The van der Waals surface area contributed by atoms with Gasteiger partial charge >= 0.3 is 0 Å². The highest BCUT2D eigenvalue weighted by molar-refractivity contribution is 4.95. The topological polar surface area (TPSA) is 27.3 Å². The van der Waals surface area contributed by atoms with E-state index in [9.17, 15) is 0 Å². The number of hydrogen-bond acceptors (Lipinski definition) is 3. The molecule has 2 atom stereocenters. The normalized spacial score (nSPS) is 39.2. The van der Waals surface area contributed by atoms with Gasteiger partial charge in [0.05, 0.1) is 0 Å². The molecular weight excluding hydrogens is 186 g/mol. The summed E-state index contributed by atoms with van der Waals surface area (Å²) in [4.78, 5) is 2.81. The van der Waals surface area contributed by atoms with Gasteiger partial charge in [-0.3, -0.25) is 4.90 Å². The number of nitrogens with zero attached hydrogens (tertiary/aromatic N) is 1. The van der Waals surface area contributed by atoms with Crippen LogP contribution in [-0.2, 0) is 0 Å². The Morgan fingerprint density at radius 3 is 2.67 bits per heavy atom. The molecule has 86 valence electrons. The van der Waals surface area contributed by atoms with E-state index in [1.54, 1.807) is 0 Å². The molecule has 0 saturated carbocycles. The van der Waals surface area contributed by atoms with Crippen molar-refractivity contribution in [3.63, 3.8) is 0 Å². The van der Waals surface area contributed by atoms with Gasteiger partial charge in [-0.1, -0.05) is 0 Å². The minimum Gasteiger partial charge on any atom is -0.317 e. The van der Waals surface area contributed by atoms with E-state index in [-0.39, 0.29) is 0 Å². The lowest BCUT2D eigenvalue weighted by molar-refractivity contribution is 0.0791. The molecule has 0 aromatic rings. The first-order valence-corrected chi connectivity index (χ1v) is 6.62. The fraction of sp³-hybridized carbons (Fsp3) is 1.00. The van der Waals surface area contributed by atoms with Crippen molar-refractivity contribution >= 4 is 0 Å². The number of piperidine rings is 1. The Balaban J connectivity index is 1.67. The summed E-state index contributed by atoms with van der Waals surface area (Å²) in [6.45, 7) is 6.31. The highest BCUT2D eigenvalue weighted by atomic mass is 15.3. The van der Waals surface area contributed by atoms with Gasteiger partial charge in [0.25, 0.3) is 0 Å². The summed E-state index contributed by atoms with van der Waals surface area (Å²) in [5, 5.41) is 7.12. The second kappa shape index (κ2) is 4.40. The predicted octanol–water partition coefficient (Wildman–Crippen LogP) is 0.422. The molecule has 3 rings (SSSR count). The molecule has 0 aromatic heterocycles. The van der Waals surface area contributed by atoms with Crippen molar-refractivity contribution < 1.29 is 0 Å². The van der Waals surface area contributed by atoms with Gasteiger partial charge < -0.3 is 10.6 Å². The minimum atomic E-state index is 0.841. The average molecular weight is 209 g/mol. The van der Waals surface area contributed by atoms with E-state index in [1.165, 1.54) is 58.4 Å². The van der Waals surface area contributed by atoms with Gasteiger partial charge in [0, 0.05) is 25.2 Å². The molecule has 3 heterocycles. The van der Waals surface area contributed by atoms with Crippen LogP contribution in [-0.4, -0.2) is 49.7 Å². The molecule has 3 fully saturated rings. The highest BCUT2D eigenvalue weighted by Gasteiger charge is 2.37. The van der Waals surface area contributed by atoms with Crippen LogP contribution in [0.4, 0.5) is 0 Å². The smallest absolute Gasteiger partial charge is 0.0253 e. The van der Waals surface area contributed by atoms with Gasteiger partial charge in [-0.2, -0.15) is 0 Å². The van der Waals surface area contributed by atoms with Crippen molar-refractivity contribution in [3.05, 3.63) is 0 Å². The van der Waals surface area contributed by atoms with Crippen molar-refractivity contribution in [1.29, 1.82) is 0 Å². The Labute approximate surface area is 92.6 Å². The zero-order valence-corrected chi connectivity index (χ0v) is 9.54. The maximum absolute atomic E-state index is 3.64. The number of rotatable bonds is 1. The summed E-state index contributed by atoms with van der Waals surface area (Å²) < 4.78 is 0. The molecule has 2 N–H and O–H groups in total. The third-order valence-corrected chi connectivity index (χ3v) is 4.51. The maximum atomic E-state index is 3.64. The Bertz CT molecular complexity index is 213. The number of fused-ring (bicyclic) bond motifs is 1. The molecule has 3 heteroatoms. The van der Waals surface area contributed by atoms with Gasteiger partial charge in [-0.05, 0) is 51.2 Å². The van der Waals surface area contributed by atoms with Crippen molar-refractivity contribution in [2.45, 2.75) is 37.8 Å². The van der Waals surface area contributed by atoms with Gasteiger partial charge in [-0.25, -0.2) is 0 Å². The lowest BCUT2D eigenvalue weighted by atomic mass is 9.87. The minimum absolute atomic E-state index is 0.841. The van der Waals surface area contributed by atoms with Crippen LogP contribution in [0.1, 0.15) is 25.7 Å². The zero-order valence-electron chi connectivity index (χ0n) is 9.54. The van der Waals surface area contributed by atoms with Gasteiger partial charge in [-0.15, -0.1) is 0 Å². The van der Waals surface area contributed by atoms with E-state index >= 15 is 0 Å². The first-order valence-electron chi connectivity index (χ1n) is 6.62. The van der Waals surface area contributed by atoms with Gasteiger partial charge in [0.1, 0.15) is 0 Å². The Hall–Kier alpha value is -0.120. The summed E-state index contributed by atoms with van der Waals surface area (Å²) in [6.07, 6.45) is 5.62. The molecule has 0 radical (unpaired) electrons. The Kier molecular flexibility index (Phi) is 2.95. The Morgan fingerprint density at radius 1 is 0.933 bits per heavy atom. The third kappa shape index (κ3) is 1.93. The maximum Gasteiger partial charge on any atom is 0.0253 e. The van der Waals surface area contributed by atoms with Crippen LogP contribution in [0, 0.1) is 5.92 Å². The van der Waals surface area contributed by atoms with Crippen molar-refractivity contribution in [2.24, 2.45) is 5.92 Å². The van der Waals surface area contributed by atoms with Crippen molar-refractivity contribution in [2.75, 3.05) is 32.7 Å². The third-order valence-electron chi connectivity index (χ3n) is 4.51. The second-order valence-electron chi connectivity index (χ2n) is 5.35. The van der Waals surface area contributed by atoms with E-state index in [1.807, 2.05) is 0 Å². The quantitative estimate of drug-likeness (QED) is 0.655. The molecule has 3 saturated heterocycles. The Morgan fingerprint density at radius 2 is 1.80 bits per heavy atom. The molecule has 0 spiro atoms. The van der Waals surface area contributed by atoms with E-state index in [4.69, 9.17) is 0 Å².